The predicted octanol–water partition coefficient (Wildman–Crippen LogP) is 3.00. The van der Waals surface area contributed by atoms with E-state index >= 15 is 0 Å². The third kappa shape index (κ3) is 5.00. The number of nitrogens with zero attached hydrogens (tertiary/aromatic N) is 1. The molecule has 1 aliphatic heterocycles. The quantitative estimate of drug-likeness (QED) is 0.643. The molecule has 0 saturated carbocycles. The van der Waals surface area contributed by atoms with Crippen LogP contribution in [0, 0.1) is 0 Å². The van der Waals surface area contributed by atoms with Crippen LogP contribution in [0.1, 0.15) is 68.2 Å². The molecule has 4 rings (SSSR count). The van der Waals surface area contributed by atoms with Crippen molar-refractivity contribution in [1.82, 2.24) is 9.62 Å². The molecule has 0 bridgehead atoms. The smallest absolute Gasteiger partial charge is 0.307 e. The number of sulfonamides is 1. The minimum Gasteiger partial charge on any atom is -0.307 e. The molecule has 6 nitrogen and oxygen atoms in total. The molecule has 0 aromatic heterocycles. The van der Waals surface area contributed by atoms with Crippen molar-refractivity contribution < 1.29 is 13.2 Å². The summed E-state index contributed by atoms with van der Waals surface area (Å²) in [5.74, 6) is 0. The molecule has 1 aromatic rings. The van der Waals surface area contributed by atoms with Gasteiger partial charge in [0.25, 0.3) is 0 Å². The van der Waals surface area contributed by atoms with Crippen molar-refractivity contribution in [3.05, 3.63) is 28.3 Å². The second kappa shape index (κ2) is 10.3. The van der Waals surface area contributed by atoms with Crippen molar-refractivity contribution in [3.8, 4) is 0 Å². The number of fused-ring (bicyclic) bond motifs is 2. The molecule has 1 heterocycles. The third-order valence-electron chi connectivity index (χ3n) is 7.02. The van der Waals surface area contributed by atoms with Crippen LogP contribution in [0.5, 0.6) is 0 Å². The Labute approximate surface area is 223 Å². The Bertz CT molecular complexity index is 867. The van der Waals surface area contributed by atoms with E-state index in [-0.39, 0.29) is 51.4 Å². The average molecular weight is 459 g/mol. The van der Waals surface area contributed by atoms with E-state index in [0.29, 0.717) is 19.0 Å². The fourth-order valence-electron chi connectivity index (χ4n) is 5.46. The van der Waals surface area contributed by atoms with Crippen LogP contribution in [0.4, 0.5) is 10.5 Å². The van der Waals surface area contributed by atoms with E-state index in [2.05, 4.69) is 34.9 Å². The number of anilines is 1. The first kappa shape index (κ1) is 24.7. The zero-order valence-corrected chi connectivity index (χ0v) is 22.5. The van der Waals surface area contributed by atoms with E-state index in [1.54, 1.807) is 0 Å². The summed E-state index contributed by atoms with van der Waals surface area (Å²) in [6.07, 6.45) is 8.81. The molecular weight excluding hydrogens is 425 g/mol. The Balaban J connectivity index is 0.00000256. The van der Waals surface area contributed by atoms with Crippen molar-refractivity contribution in [1.29, 1.82) is 0 Å². The van der Waals surface area contributed by atoms with Crippen molar-refractivity contribution in [2.75, 3.05) is 18.4 Å². The van der Waals surface area contributed by atoms with Gasteiger partial charge in [-0.1, -0.05) is 19.9 Å². The summed E-state index contributed by atoms with van der Waals surface area (Å²) in [4.78, 5) is 14.9. The monoisotopic (exact) mass is 458 g/mol. The van der Waals surface area contributed by atoms with E-state index in [1.165, 1.54) is 22.3 Å². The van der Waals surface area contributed by atoms with Crippen LogP contribution in [-0.2, 0) is 35.7 Å². The van der Waals surface area contributed by atoms with Crippen molar-refractivity contribution >= 4 is 73.1 Å². The first-order valence-corrected chi connectivity index (χ1v) is 12.7. The zero-order chi connectivity index (χ0) is 20.6. The molecule has 1 atom stereocenters. The topological polar surface area (TPSA) is 78.5 Å². The minimum absolute atomic E-state index is 0. The van der Waals surface area contributed by atoms with Gasteiger partial charge in [0.15, 0.2) is 0 Å². The van der Waals surface area contributed by atoms with Crippen LogP contribution in [0.15, 0.2) is 6.07 Å². The number of nitrogens with one attached hydrogen (secondary N) is 2. The van der Waals surface area contributed by atoms with E-state index in [4.69, 9.17) is 0 Å². The van der Waals surface area contributed by atoms with Gasteiger partial charge in [-0.2, -0.15) is 0 Å². The molecule has 161 valence electrons. The molecule has 8 heteroatoms. The number of hydrogen-bond donors (Lipinski definition) is 2. The standard InChI is InChI=1S/C22H33N3O3S.K/c1-3-17(4-2)25-12-11-18(14-25)29(27,28)24-22(26)23-21-19-9-5-7-15(19)13-16-8-6-10-20(16)21;/h13,17-18H,3-12,14H2,1-2H3,(H2,23,24,26);. The maximum Gasteiger partial charge on any atom is 0.332 e. The van der Waals surface area contributed by atoms with Gasteiger partial charge in [-0.3, -0.25) is 4.90 Å². The molecule has 2 N–H and O–H groups in total. The van der Waals surface area contributed by atoms with E-state index in [9.17, 15) is 13.2 Å². The van der Waals surface area contributed by atoms with E-state index in [0.717, 1.165) is 63.6 Å². The van der Waals surface area contributed by atoms with Gasteiger partial charge in [0, 0.05) is 69.7 Å². The van der Waals surface area contributed by atoms with Crippen LogP contribution in [-0.4, -0.2) is 95.1 Å². The molecule has 1 radical (unpaired) electrons. The number of carbonyl (C=O) groups excluding carboxylic acids is 1. The maximum atomic E-state index is 12.8. The summed E-state index contributed by atoms with van der Waals surface area (Å²) < 4.78 is 28.0. The Morgan fingerprint density at radius 1 is 1.10 bits per heavy atom. The normalized spacial score (nSPS) is 20.7. The van der Waals surface area contributed by atoms with E-state index in [1.807, 2.05) is 0 Å². The summed E-state index contributed by atoms with van der Waals surface area (Å²) in [7, 11) is -3.69. The summed E-state index contributed by atoms with van der Waals surface area (Å²) >= 11 is 0. The van der Waals surface area contributed by atoms with Gasteiger partial charge < -0.3 is 5.32 Å². The summed E-state index contributed by atoms with van der Waals surface area (Å²) in [6.45, 7) is 5.56. The molecule has 2 amide bonds. The van der Waals surface area contributed by atoms with E-state index < -0.39 is 21.3 Å². The van der Waals surface area contributed by atoms with Crippen LogP contribution in [0.3, 0.4) is 0 Å². The fraction of sp³-hybridized carbons (Fsp3) is 0.682. The first-order chi connectivity index (χ1) is 13.9. The Kier molecular flexibility index (Phi) is 8.48. The number of rotatable bonds is 6. The molecule has 1 fully saturated rings. The Morgan fingerprint density at radius 3 is 2.27 bits per heavy atom. The summed E-state index contributed by atoms with van der Waals surface area (Å²) in [5, 5.41) is 2.41. The van der Waals surface area contributed by atoms with Crippen LogP contribution in [0.2, 0.25) is 0 Å². The molecule has 30 heavy (non-hydrogen) atoms. The number of benzene rings is 1. The number of carbonyl (C=O) groups is 1. The van der Waals surface area contributed by atoms with Crippen molar-refractivity contribution in [2.45, 2.75) is 82.9 Å². The molecule has 3 aliphatic rings. The minimum atomic E-state index is -3.69. The van der Waals surface area contributed by atoms with Gasteiger partial charge in [-0.25, -0.2) is 17.9 Å². The van der Waals surface area contributed by atoms with Crippen LogP contribution < -0.4 is 10.0 Å². The molecule has 2 aliphatic carbocycles. The Morgan fingerprint density at radius 2 is 1.70 bits per heavy atom. The number of amides is 2. The van der Waals surface area contributed by atoms with Gasteiger partial charge >= 0.3 is 6.03 Å². The third-order valence-corrected chi connectivity index (χ3v) is 8.75. The second-order valence-electron chi connectivity index (χ2n) is 8.71. The van der Waals surface area contributed by atoms with Gasteiger partial charge in [-0.15, -0.1) is 0 Å². The summed E-state index contributed by atoms with van der Waals surface area (Å²) in [5.41, 5.74) is 5.93. The van der Waals surface area contributed by atoms with Gasteiger partial charge in [0.05, 0.1) is 5.25 Å². The van der Waals surface area contributed by atoms with Crippen molar-refractivity contribution in [2.24, 2.45) is 0 Å². The Hall–Kier alpha value is 0.0364. The zero-order valence-electron chi connectivity index (χ0n) is 18.6. The molecular formula is C22H33KN3O3S. The molecule has 1 aromatic carbocycles. The molecule has 1 unspecified atom stereocenters. The van der Waals surface area contributed by atoms with Crippen molar-refractivity contribution in [3.63, 3.8) is 0 Å². The number of hydrogen-bond acceptors (Lipinski definition) is 4. The fourth-order valence-corrected chi connectivity index (χ4v) is 6.74. The number of urea groups is 1. The molecule has 1 saturated heterocycles. The largest absolute Gasteiger partial charge is 0.332 e. The van der Waals surface area contributed by atoms with Crippen LogP contribution in [0.25, 0.3) is 0 Å². The molecule has 0 spiro atoms. The van der Waals surface area contributed by atoms with Gasteiger partial charge in [0.1, 0.15) is 0 Å². The average Bonchev–Trinajstić information content (AvgIpc) is 3.42. The number of likely N-dealkylation sites (tertiary alicyclic amines) is 1. The SMILES string of the molecule is CCC(CC)N1CCC(S(=O)(=O)NC(=O)Nc2c3c(cc4c2CCC4)CCC3)C1.[K]. The second-order valence-corrected chi connectivity index (χ2v) is 10.7. The predicted molar refractivity (Wildman–Crippen MR) is 122 cm³/mol. The summed E-state index contributed by atoms with van der Waals surface area (Å²) in [6, 6.07) is 2.11. The first-order valence-electron chi connectivity index (χ1n) is 11.2. The van der Waals surface area contributed by atoms with Gasteiger partial charge in [-0.05, 0) is 86.6 Å². The maximum absolute atomic E-state index is 12.8. The van der Waals surface area contributed by atoms with Gasteiger partial charge in [0.2, 0.25) is 10.0 Å². The van der Waals surface area contributed by atoms with Crippen LogP contribution >= 0.6 is 0 Å². The number of aryl methyl sites for hydroxylation is 2.